The van der Waals surface area contributed by atoms with E-state index in [0.717, 1.165) is 30.8 Å². The molecule has 1 N–H and O–H groups in total. The van der Waals surface area contributed by atoms with Crippen molar-refractivity contribution in [1.82, 2.24) is 9.38 Å². The molecule has 0 aromatic carbocycles. The first-order chi connectivity index (χ1) is 8.74. The summed E-state index contributed by atoms with van der Waals surface area (Å²) in [6.07, 6.45) is 5.63. The molecule has 0 radical (unpaired) electrons. The number of aromatic carboxylic acids is 1. The number of nitrogens with zero attached hydrogens (tertiary/aromatic N) is 2. The third-order valence-electron chi connectivity index (χ3n) is 3.30. The van der Waals surface area contributed by atoms with E-state index in [1.165, 1.54) is 0 Å². The third-order valence-corrected chi connectivity index (χ3v) is 3.30. The van der Waals surface area contributed by atoms with Crippen LogP contribution >= 0.6 is 0 Å². The molecule has 1 atom stereocenters. The molecule has 0 amide bonds. The van der Waals surface area contributed by atoms with Gasteiger partial charge in [0.2, 0.25) is 0 Å². The molecule has 1 fully saturated rings. The molecule has 1 unspecified atom stereocenters. The fourth-order valence-electron chi connectivity index (χ4n) is 2.31. The van der Waals surface area contributed by atoms with Gasteiger partial charge < -0.3 is 14.2 Å². The van der Waals surface area contributed by atoms with Gasteiger partial charge >= 0.3 is 5.97 Å². The van der Waals surface area contributed by atoms with Gasteiger partial charge in [0.15, 0.2) is 0 Å². The minimum atomic E-state index is -0.923. The highest BCUT2D eigenvalue weighted by Crippen LogP contribution is 2.25. The van der Waals surface area contributed by atoms with E-state index in [1.807, 2.05) is 6.20 Å². The lowest BCUT2D eigenvalue weighted by Crippen LogP contribution is -2.15. The fourth-order valence-corrected chi connectivity index (χ4v) is 2.31. The van der Waals surface area contributed by atoms with Crippen LogP contribution in [0.1, 0.15) is 34.8 Å². The highest BCUT2D eigenvalue weighted by atomic mass is 16.5. The lowest BCUT2D eigenvalue weighted by Gasteiger charge is -2.19. The van der Waals surface area contributed by atoms with Crippen LogP contribution < -0.4 is 0 Å². The van der Waals surface area contributed by atoms with Crippen LogP contribution in [0.2, 0.25) is 0 Å². The summed E-state index contributed by atoms with van der Waals surface area (Å²) in [5.41, 5.74) is 2.03. The molecule has 94 valence electrons. The van der Waals surface area contributed by atoms with E-state index in [9.17, 15) is 4.79 Å². The Kier molecular flexibility index (Phi) is 2.76. The molecule has 2 aromatic heterocycles. The zero-order chi connectivity index (χ0) is 12.5. The second-order valence-corrected chi connectivity index (χ2v) is 4.57. The summed E-state index contributed by atoms with van der Waals surface area (Å²) in [6, 6.07) is 3.31. The number of carbonyl (C=O) groups is 1. The number of pyridine rings is 1. The largest absolute Gasteiger partial charge is 0.478 e. The Labute approximate surface area is 104 Å². The van der Waals surface area contributed by atoms with Crippen LogP contribution in [0.15, 0.2) is 24.5 Å². The number of fused-ring (bicyclic) bond motifs is 1. The normalized spacial score (nSPS) is 20.1. The molecule has 3 heterocycles. The summed E-state index contributed by atoms with van der Waals surface area (Å²) in [4.78, 5) is 15.4. The Hall–Kier alpha value is -1.88. The van der Waals surface area contributed by atoms with Crippen LogP contribution in [0.3, 0.4) is 0 Å². The van der Waals surface area contributed by atoms with Gasteiger partial charge in [-0.15, -0.1) is 0 Å². The Morgan fingerprint density at radius 2 is 2.33 bits per heavy atom. The lowest BCUT2D eigenvalue weighted by atomic mass is 9.99. The van der Waals surface area contributed by atoms with Crippen LogP contribution in [0.4, 0.5) is 0 Å². The van der Waals surface area contributed by atoms with E-state index < -0.39 is 5.97 Å². The molecule has 0 aliphatic carbocycles. The summed E-state index contributed by atoms with van der Waals surface area (Å²) < 4.78 is 7.22. The number of hydrogen-bond acceptors (Lipinski definition) is 3. The monoisotopic (exact) mass is 246 g/mol. The molecular weight excluding hydrogens is 232 g/mol. The summed E-state index contributed by atoms with van der Waals surface area (Å²) in [7, 11) is 0. The van der Waals surface area contributed by atoms with Crippen molar-refractivity contribution in [3.8, 4) is 0 Å². The molecule has 3 rings (SSSR count). The topological polar surface area (TPSA) is 63.8 Å². The van der Waals surface area contributed by atoms with Crippen molar-refractivity contribution in [2.75, 3.05) is 13.2 Å². The first kappa shape index (κ1) is 11.2. The van der Waals surface area contributed by atoms with Crippen molar-refractivity contribution in [2.24, 2.45) is 0 Å². The van der Waals surface area contributed by atoms with Crippen molar-refractivity contribution in [3.63, 3.8) is 0 Å². The second-order valence-electron chi connectivity index (χ2n) is 4.57. The van der Waals surface area contributed by atoms with Gasteiger partial charge in [-0.1, -0.05) is 0 Å². The van der Waals surface area contributed by atoms with Crippen LogP contribution in [0, 0.1) is 0 Å². The van der Waals surface area contributed by atoms with Crippen LogP contribution in [0.25, 0.3) is 5.65 Å². The van der Waals surface area contributed by atoms with E-state index >= 15 is 0 Å². The van der Waals surface area contributed by atoms with Crippen molar-refractivity contribution in [2.45, 2.75) is 18.8 Å². The number of carboxylic acid groups (broad SMARTS) is 1. The molecule has 0 bridgehead atoms. The molecule has 5 nitrogen and oxygen atoms in total. The quantitative estimate of drug-likeness (QED) is 0.879. The lowest BCUT2D eigenvalue weighted by molar-refractivity contribution is 0.0696. The fraction of sp³-hybridized carbons (Fsp3) is 0.385. The predicted molar refractivity (Wildman–Crippen MR) is 64.9 cm³/mol. The first-order valence-corrected chi connectivity index (χ1v) is 6.04. The molecule has 18 heavy (non-hydrogen) atoms. The maximum atomic E-state index is 10.9. The van der Waals surface area contributed by atoms with Crippen LogP contribution in [0.5, 0.6) is 0 Å². The number of hydrogen-bond donors (Lipinski definition) is 1. The Bertz CT molecular complexity index is 585. The summed E-state index contributed by atoms with van der Waals surface area (Å²) in [5.74, 6) is -0.597. The van der Waals surface area contributed by atoms with Gasteiger partial charge in [0.25, 0.3) is 0 Å². The highest BCUT2D eigenvalue weighted by Gasteiger charge is 2.19. The zero-order valence-corrected chi connectivity index (χ0v) is 9.87. The summed E-state index contributed by atoms with van der Waals surface area (Å²) >= 11 is 0. The van der Waals surface area contributed by atoms with Crippen LogP contribution in [-0.4, -0.2) is 33.7 Å². The summed E-state index contributed by atoms with van der Waals surface area (Å²) in [6.45, 7) is 1.53. The van der Waals surface area contributed by atoms with E-state index in [1.54, 1.807) is 22.7 Å². The Morgan fingerprint density at radius 3 is 3.06 bits per heavy atom. The van der Waals surface area contributed by atoms with Crippen molar-refractivity contribution in [3.05, 3.63) is 35.8 Å². The van der Waals surface area contributed by atoms with Gasteiger partial charge in [-0.05, 0) is 25.0 Å². The molecule has 1 aliphatic heterocycles. The molecule has 1 aliphatic rings. The van der Waals surface area contributed by atoms with Crippen LogP contribution in [-0.2, 0) is 4.74 Å². The number of ether oxygens (including phenoxy) is 1. The predicted octanol–water partition coefficient (Wildman–Crippen LogP) is 1.93. The average molecular weight is 246 g/mol. The van der Waals surface area contributed by atoms with E-state index in [4.69, 9.17) is 9.84 Å². The molecule has 0 spiro atoms. The van der Waals surface area contributed by atoms with Gasteiger partial charge in [0.05, 0.1) is 17.9 Å². The van der Waals surface area contributed by atoms with Gasteiger partial charge in [-0.2, -0.15) is 0 Å². The molecule has 2 aromatic rings. The van der Waals surface area contributed by atoms with E-state index in [0.29, 0.717) is 12.5 Å². The number of rotatable bonds is 2. The molecule has 1 saturated heterocycles. The number of carboxylic acids is 1. The van der Waals surface area contributed by atoms with E-state index in [2.05, 4.69) is 4.98 Å². The maximum absolute atomic E-state index is 10.9. The van der Waals surface area contributed by atoms with E-state index in [-0.39, 0.29) is 5.56 Å². The maximum Gasteiger partial charge on any atom is 0.337 e. The van der Waals surface area contributed by atoms with Gasteiger partial charge in [-0.25, -0.2) is 9.78 Å². The SMILES string of the molecule is O=C(O)c1ccc2nc(C3CCCOC3)cn2c1. The molecular formula is C13H14N2O3. The van der Waals surface area contributed by atoms with Gasteiger partial charge in [0, 0.05) is 24.9 Å². The Morgan fingerprint density at radius 1 is 1.44 bits per heavy atom. The molecule has 0 saturated carbocycles. The van der Waals surface area contributed by atoms with Gasteiger partial charge in [-0.3, -0.25) is 0 Å². The minimum Gasteiger partial charge on any atom is -0.478 e. The third kappa shape index (κ3) is 1.97. The number of imidazole rings is 1. The smallest absolute Gasteiger partial charge is 0.337 e. The zero-order valence-electron chi connectivity index (χ0n) is 9.87. The minimum absolute atomic E-state index is 0.270. The highest BCUT2D eigenvalue weighted by molar-refractivity contribution is 5.87. The standard InChI is InChI=1S/C13H14N2O3/c16-13(17)9-3-4-12-14-11(7-15(12)6-9)10-2-1-5-18-8-10/h3-4,6-7,10H,1-2,5,8H2,(H,16,17). The molecule has 5 heteroatoms. The van der Waals surface area contributed by atoms with Crippen molar-refractivity contribution >= 4 is 11.6 Å². The van der Waals surface area contributed by atoms with Crippen molar-refractivity contribution < 1.29 is 14.6 Å². The van der Waals surface area contributed by atoms with Crippen molar-refractivity contribution in [1.29, 1.82) is 0 Å². The first-order valence-electron chi connectivity index (χ1n) is 6.04. The second kappa shape index (κ2) is 4.42. The average Bonchev–Trinajstić information content (AvgIpc) is 2.82. The summed E-state index contributed by atoms with van der Waals surface area (Å²) in [5, 5.41) is 8.95. The van der Waals surface area contributed by atoms with Gasteiger partial charge in [0.1, 0.15) is 5.65 Å². The Balaban J connectivity index is 1.97. The number of aromatic nitrogens is 2.